The molecule has 0 spiro atoms. The molecule has 4 aromatic rings. The third-order valence-electron chi connectivity index (χ3n) is 5.52. The molecule has 4 heterocycles. The molecular weight excluding hydrogens is 376 g/mol. The summed E-state index contributed by atoms with van der Waals surface area (Å²) in [6.07, 6.45) is -0.172. The van der Waals surface area contributed by atoms with Crippen LogP contribution in [0, 0.1) is 0 Å². The number of benzene rings is 1. The molecule has 3 aromatic heterocycles. The van der Waals surface area contributed by atoms with Crippen molar-refractivity contribution in [2.24, 2.45) is 0 Å². The first-order valence-corrected chi connectivity index (χ1v) is 9.18. The Morgan fingerprint density at radius 2 is 2.07 bits per heavy atom. The second kappa shape index (κ2) is 6.26. The van der Waals surface area contributed by atoms with Gasteiger partial charge >= 0.3 is 0 Å². The van der Waals surface area contributed by atoms with Crippen LogP contribution in [0.5, 0.6) is 0 Å². The number of hydrogen-bond acceptors (Lipinski definition) is 8. The van der Waals surface area contributed by atoms with E-state index in [1.54, 1.807) is 10.8 Å². The van der Waals surface area contributed by atoms with Gasteiger partial charge in [0.2, 0.25) is 0 Å². The quantitative estimate of drug-likeness (QED) is 0.408. The molecule has 0 amide bonds. The van der Waals surface area contributed by atoms with Gasteiger partial charge in [-0.2, -0.15) is 0 Å². The van der Waals surface area contributed by atoms with Crippen LogP contribution in [0.2, 0.25) is 0 Å². The molecule has 4 atom stereocenters. The maximum Gasteiger partial charge on any atom is 0.167 e. The molecule has 9 nitrogen and oxygen atoms in total. The predicted molar refractivity (Wildman–Crippen MR) is 105 cm³/mol. The minimum atomic E-state index is -1.66. The molecule has 4 unspecified atom stereocenters. The largest absolute Gasteiger partial charge is 0.456 e. The van der Waals surface area contributed by atoms with Gasteiger partial charge in [-0.25, -0.2) is 9.97 Å². The smallest absolute Gasteiger partial charge is 0.167 e. The molecule has 0 radical (unpaired) electrons. The van der Waals surface area contributed by atoms with Crippen LogP contribution >= 0.6 is 0 Å². The maximum absolute atomic E-state index is 10.9. The lowest BCUT2D eigenvalue weighted by Gasteiger charge is -2.27. The van der Waals surface area contributed by atoms with E-state index in [2.05, 4.69) is 9.97 Å². The fraction of sp³-hybridized carbons (Fsp3) is 0.300. The van der Waals surface area contributed by atoms with E-state index < -0.39 is 30.6 Å². The lowest BCUT2D eigenvalue weighted by atomic mass is 9.96. The van der Waals surface area contributed by atoms with Crippen LogP contribution in [-0.2, 0) is 4.74 Å². The summed E-state index contributed by atoms with van der Waals surface area (Å²) in [7, 11) is 0. The Kier molecular flexibility index (Phi) is 3.90. The summed E-state index contributed by atoms with van der Waals surface area (Å²) in [5, 5.41) is 32.2. The van der Waals surface area contributed by atoms with Gasteiger partial charge < -0.3 is 34.8 Å². The number of hydrogen-bond donors (Lipinski definition) is 4. The SMILES string of the molecule is CC1(O)C(O)C(CO)OC1n1cc(-c2cc3ccccc3o2)c2c(N)ncnc21. The summed E-state index contributed by atoms with van der Waals surface area (Å²) < 4.78 is 13.3. The van der Waals surface area contributed by atoms with Gasteiger partial charge in [-0.05, 0) is 19.1 Å². The summed E-state index contributed by atoms with van der Waals surface area (Å²) in [6, 6.07) is 9.50. The van der Waals surface area contributed by atoms with E-state index in [0.29, 0.717) is 22.4 Å². The highest BCUT2D eigenvalue weighted by Gasteiger charge is 2.53. The molecule has 1 aromatic carbocycles. The van der Waals surface area contributed by atoms with Crippen LogP contribution in [0.4, 0.5) is 5.82 Å². The molecule has 1 aliphatic heterocycles. The number of nitrogens with zero attached hydrogens (tertiary/aromatic N) is 3. The van der Waals surface area contributed by atoms with E-state index in [4.69, 9.17) is 14.9 Å². The standard InChI is InChI=1S/C20H20N4O5/c1-20(27)16(26)14(8-25)29-19(20)24-7-11(15-17(21)22-9-23-18(15)24)13-6-10-4-2-3-5-12(10)28-13/h2-7,9,14,16,19,25-27H,8H2,1H3,(H2,21,22,23). The second-order valence-corrected chi connectivity index (χ2v) is 7.44. The Labute approximate surface area is 165 Å². The number of anilines is 1. The number of fused-ring (bicyclic) bond motifs is 2. The Morgan fingerprint density at radius 1 is 1.28 bits per heavy atom. The van der Waals surface area contributed by atoms with Crippen LogP contribution in [0.3, 0.4) is 0 Å². The fourth-order valence-electron chi connectivity index (χ4n) is 3.98. The summed E-state index contributed by atoms with van der Waals surface area (Å²) in [4.78, 5) is 8.41. The first kappa shape index (κ1) is 18.1. The third-order valence-corrected chi connectivity index (χ3v) is 5.52. The Balaban J connectivity index is 1.73. The van der Waals surface area contributed by atoms with Gasteiger partial charge in [0.1, 0.15) is 46.9 Å². The Hall–Kier alpha value is -2.98. The van der Waals surface area contributed by atoms with Gasteiger partial charge in [0, 0.05) is 17.1 Å². The van der Waals surface area contributed by atoms with E-state index in [0.717, 1.165) is 11.0 Å². The maximum atomic E-state index is 10.9. The first-order chi connectivity index (χ1) is 13.9. The molecule has 0 bridgehead atoms. The normalized spacial score (nSPS) is 27.2. The zero-order valence-corrected chi connectivity index (χ0v) is 15.6. The number of para-hydroxylation sites is 1. The highest BCUT2D eigenvalue weighted by Crippen LogP contribution is 2.43. The van der Waals surface area contributed by atoms with Crippen LogP contribution in [0.15, 0.2) is 47.3 Å². The number of aliphatic hydroxyl groups excluding tert-OH is 2. The van der Waals surface area contributed by atoms with Crippen molar-refractivity contribution in [2.75, 3.05) is 12.3 Å². The number of nitrogens with two attached hydrogens (primary N) is 1. The zero-order valence-electron chi connectivity index (χ0n) is 15.6. The number of aromatic nitrogens is 3. The highest BCUT2D eigenvalue weighted by atomic mass is 16.6. The number of rotatable bonds is 3. The number of nitrogen functional groups attached to an aromatic ring is 1. The molecule has 1 fully saturated rings. The van der Waals surface area contributed by atoms with Gasteiger partial charge in [-0.3, -0.25) is 0 Å². The van der Waals surface area contributed by atoms with Crippen LogP contribution in [-0.4, -0.2) is 54.3 Å². The summed E-state index contributed by atoms with van der Waals surface area (Å²) in [6.45, 7) is 1.02. The van der Waals surface area contributed by atoms with Crippen LogP contribution < -0.4 is 5.73 Å². The van der Waals surface area contributed by atoms with Gasteiger partial charge in [-0.15, -0.1) is 0 Å². The molecule has 150 valence electrons. The Morgan fingerprint density at radius 3 is 2.79 bits per heavy atom. The van der Waals surface area contributed by atoms with Crippen molar-refractivity contribution >= 4 is 27.8 Å². The molecule has 1 aliphatic rings. The highest BCUT2D eigenvalue weighted by molar-refractivity contribution is 6.01. The van der Waals surface area contributed by atoms with Gasteiger partial charge in [0.05, 0.1) is 12.0 Å². The van der Waals surface area contributed by atoms with Crippen molar-refractivity contribution < 1.29 is 24.5 Å². The lowest BCUT2D eigenvalue weighted by Crippen LogP contribution is -2.44. The van der Waals surface area contributed by atoms with Crippen molar-refractivity contribution in [1.82, 2.24) is 14.5 Å². The fourth-order valence-corrected chi connectivity index (χ4v) is 3.98. The van der Waals surface area contributed by atoms with Crippen LogP contribution in [0.1, 0.15) is 13.2 Å². The average molecular weight is 396 g/mol. The molecule has 1 saturated heterocycles. The molecule has 5 N–H and O–H groups in total. The number of furan rings is 1. The number of ether oxygens (including phenoxy) is 1. The molecule has 29 heavy (non-hydrogen) atoms. The summed E-state index contributed by atoms with van der Waals surface area (Å²) >= 11 is 0. The Bertz CT molecular complexity index is 1180. The van der Waals surface area contributed by atoms with E-state index in [1.165, 1.54) is 13.3 Å². The minimum absolute atomic E-state index is 0.251. The summed E-state index contributed by atoms with van der Waals surface area (Å²) in [5.41, 5.74) is 6.26. The van der Waals surface area contributed by atoms with Crippen molar-refractivity contribution in [2.45, 2.75) is 31.0 Å². The lowest BCUT2D eigenvalue weighted by molar-refractivity contribution is -0.0948. The van der Waals surface area contributed by atoms with E-state index >= 15 is 0 Å². The zero-order chi connectivity index (χ0) is 20.3. The van der Waals surface area contributed by atoms with E-state index in [-0.39, 0.29) is 5.82 Å². The van der Waals surface area contributed by atoms with Crippen molar-refractivity contribution in [3.63, 3.8) is 0 Å². The molecule has 0 aliphatic carbocycles. The van der Waals surface area contributed by atoms with Crippen molar-refractivity contribution in [3.05, 3.63) is 42.9 Å². The van der Waals surface area contributed by atoms with Crippen molar-refractivity contribution in [1.29, 1.82) is 0 Å². The van der Waals surface area contributed by atoms with Gasteiger partial charge in [0.25, 0.3) is 0 Å². The summed E-state index contributed by atoms with van der Waals surface area (Å²) in [5.74, 6) is 0.814. The van der Waals surface area contributed by atoms with Gasteiger partial charge in [0.15, 0.2) is 6.23 Å². The topological polar surface area (TPSA) is 140 Å². The average Bonchev–Trinajstić information content (AvgIpc) is 3.35. The monoisotopic (exact) mass is 396 g/mol. The van der Waals surface area contributed by atoms with E-state index in [9.17, 15) is 15.3 Å². The second-order valence-electron chi connectivity index (χ2n) is 7.44. The van der Waals surface area contributed by atoms with Crippen molar-refractivity contribution in [3.8, 4) is 11.3 Å². The molecule has 5 rings (SSSR count). The minimum Gasteiger partial charge on any atom is -0.456 e. The number of aliphatic hydroxyl groups is 3. The van der Waals surface area contributed by atoms with E-state index in [1.807, 2.05) is 30.3 Å². The molecular formula is C20H20N4O5. The third kappa shape index (κ3) is 2.56. The molecule has 9 heteroatoms. The molecule has 0 saturated carbocycles. The van der Waals surface area contributed by atoms with Gasteiger partial charge in [-0.1, -0.05) is 18.2 Å². The first-order valence-electron chi connectivity index (χ1n) is 9.18. The predicted octanol–water partition coefficient (Wildman–Crippen LogP) is 1.43. The van der Waals surface area contributed by atoms with Crippen LogP contribution in [0.25, 0.3) is 33.3 Å².